The van der Waals surface area contributed by atoms with Gasteiger partial charge in [-0.3, -0.25) is 14.3 Å². The second kappa shape index (κ2) is 6.61. The number of halogens is 1. The molecule has 132 valence electrons. The predicted molar refractivity (Wildman–Crippen MR) is 91.4 cm³/mol. The normalized spacial score (nSPS) is 19.9. The minimum Gasteiger partial charge on any atom is -0.341 e. The molecule has 1 unspecified atom stereocenters. The van der Waals surface area contributed by atoms with Crippen molar-refractivity contribution >= 4 is 17.5 Å². The summed E-state index contributed by atoms with van der Waals surface area (Å²) in [6, 6.07) is 1.23. The molecule has 0 radical (unpaired) electrons. The molecule has 0 aliphatic carbocycles. The van der Waals surface area contributed by atoms with Crippen molar-refractivity contribution < 1.29 is 4.79 Å². The summed E-state index contributed by atoms with van der Waals surface area (Å²) in [4.78, 5) is 31.5. The molecule has 0 saturated carbocycles. The van der Waals surface area contributed by atoms with E-state index in [9.17, 15) is 9.59 Å². The highest BCUT2D eigenvalue weighted by molar-refractivity contribution is 6.30. The lowest BCUT2D eigenvalue weighted by Gasteiger charge is -2.27. The standard InChI is InChI=1S/C16H19ClN6O2/c17-12-5-11(6-18-7-12)10-22-16(25)23-13(8-19-9-14(23)20-22)15(24)21-3-1-2-4-21/h5-7,13,19H,1-4,8-10H2. The molecule has 1 atom stereocenters. The monoisotopic (exact) mass is 362 g/mol. The van der Waals surface area contributed by atoms with E-state index in [1.165, 1.54) is 9.25 Å². The zero-order chi connectivity index (χ0) is 17.4. The van der Waals surface area contributed by atoms with Crippen LogP contribution in [-0.4, -0.2) is 49.8 Å². The molecule has 8 nitrogen and oxygen atoms in total. The fraction of sp³-hybridized carbons (Fsp3) is 0.500. The lowest BCUT2D eigenvalue weighted by Crippen LogP contribution is -2.47. The molecule has 1 amide bonds. The van der Waals surface area contributed by atoms with Crippen molar-refractivity contribution in [2.45, 2.75) is 32.0 Å². The average molecular weight is 363 g/mol. The summed E-state index contributed by atoms with van der Waals surface area (Å²) in [6.45, 7) is 2.73. The zero-order valence-corrected chi connectivity index (χ0v) is 14.4. The molecule has 1 saturated heterocycles. The summed E-state index contributed by atoms with van der Waals surface area (Å²) in [5, 5.41) is 8.10. The topological polar surface area (TPSA) is 85.0 Å². The van der Waals surface area contributed by atoms with Gasteiger partial charge in [0, 0.05) is 32.0 Å². The van der Waals surface area contributed by atoms with Crippen LogP contribution in [0.5, 0.6) is 0 Å². The first-order valence-electron chi connectivity index (χ1n) is 8.40. The quantitative estimate of drug-likeness (QED) is 0.854. The largest absolute Gasteiger partial charge is 0.347 e. The number of aromatic nitrogens is 4. The Morgan fingerprint density at radius 2 is 2.12 bits per heavy atom. The fourth-order valence-electron chi connectivity index (χ4n) is 3.48. The number of nitrogens with one attached hydrogen (secondary N) is 1. The number of hydrogen-bond donors (Lipinski definition) is 1. The number of pyridine rings is 1. The Bertz CT molecular complexity index is 855. The highest BCUT2D eigenvalue weighted by Gasteiger charge is 2.34. The van der Waals surface area contributed by atoms with E-state index in [4.69, 9.17) is 11.6 Å². The molecular formula is C16H19ClN6O2. The second-order valence-corrected chi connectivity index (χ2v) is 6.85. The van der Waals surface area contributed by atoms with E-state index in [0.717, 1.165) is 31.5 Å². The lowest BCUT2D eigenvalue weighted by atomic mass is 10.2. The Kier molecular flexibility index (Phi) is 4.30. The molecule has 2 aliphatic heterocycles. The maximum atomic E-state index is 12.8. The molecule has 9 heteroatoms. The van der Waals surface area contributed by atoms with Crippen LogP contribution in [0.1, 0.15) is 30.3 Å². The van der Waals surface area contributed by atoms with Gasteiger partial charge in [-0.1, -0.05) is 11.6 Å². The van der Waals surface area contributed by atoms with Crippen molar-refractivity contribution in [1.29, 1.82) is 0 Å². The van der Waals surface area contributed by atoms with Crippen LogP contribution in [0.4, 0.5) is 0 Å². The molecule has 2 aliphatic rings. The summed E-state index contributed by atoms with van der Waals surface area (Å²) >= 11 is 5.95. The Labute approximate surface area is 149 Å². The summed E-state index contributed by atoms with van der Waals surface area (Å²) in [6.07, 6.45) is 5.24. The Morgan fingerprint density at radius 1 is 1.32 bits per heavy atom. The van der Waals surface area contributed by atoms with Crippen LogP contribution in [0.15, 0.2) is 23.3 Å². The summed E-state index contributed by atoms with van der Waals surface area (Å²) < 4.78 is 2.91. The van der Waals surface area contributed by atoms with Crippen molar-refractivity contribution in [2.24, 2.45) is 0 Å². The third-order valence-electron chi connectivity index (χ3n) is 4.67. The molecule has 1 fully saturated rings. The van der Waals surface area contributed by atoms with Gasteiger partial charge in [-0.25, -0.2) is 9.48 Å². The maximum absolute atomic E-state index is 12.8. The van der Waals surface area contributed by atoms with Crippen molar-refractivity contribution in [2.75, 3.05) is 19.6 Å². The van der Waals surface area contributed by atoms with Gasteiger partial charge in [0.15, 0.2) is 0 Å². The number of likely N-dealkylation sites (tertiary alicyclic amines) is 1. The van der Waals surface area contributed by atoms with Crippen LogP contribution >= 0.6 is 11.6 Å². The minimum atomic E-state index is -0.527. The molecule has 2 aromatic heterocycles. The van der Waals surface area contributed by atoms with Crippen molar-refractivity contribution in [3.63, 3.8) is 0 Å². The maximum Gasteiger partial charge on any atom is 0.347 e. The zero-order valence-electron chi connectivity index (χ0n) is 13.7. The van der Waals surface area contributed by atoms with Gasteiger partial charge in [-0.15, -0.1) is 0 Å². The molecule has 25 heavy (non-hydrogen) atoms. The van der Waals surface area contributed by atoms with Crippen LogP contribution < -0.4 is 11.0 Å². The number of hydrogen-bond acceptors (Lipinski definition) is 5. The third-order valence-corrected chi connectivity index (χ3v) is 4.88. The molecule has 1 N–H and O–H groups in total. The van der Waals surface area contributed by atoms with E-state index in [1.807, 2.05) is 4.90 Å². The molecule has 4 heterocycles. The Hall–Kier alpha value is -2.19. The van der Waals surface area contributed by atoms with Crippen molar-refractivity contribution in [3.8, 4) is 0 Å². The first-order valence-corrected chi connectivity index (χ1v) is 8.78. The van der Waals surface area contributed by atoms with Crippen molar-refractivity contribution in [1.82, 2.24) is 29.5 Å². The van der Waals surface area contributed by atoms with Crippen LogP contribution in [0.25, 0.3) is 0 Å². The number of carbonyl (C=O) groups is 1. The summed E-state index contributed by atoms with van der Waals surface area (Å²) in [7, 11) is 0. The van der Waals surface area contributed by atoms with E-state index >= 15 is 0 Å². The highest BCUT2D eigenvalue weighted by atomic mass is 35.5. The van der Waals surface area contributed by atoms with Crippen LogP contribution in [-0.2, 0) is 17.9 Å². The number of nitrogens with zero attached hydrogens (tertiary/aromatic N) is 5. The minimum absolute atomic E-state index is 0.00276. The van der Waals surface area contributed by atoms with Gasteiger partial charge in [0.1, 0.15) is 11.9 Å². The number of carbonyl (C=O) groups excluding carboxylic acids is 1. The Morgan fingerprint density at radius 3 is 2.88 bits per heavy atom. The molecule has 0 spiro atoms. The van der Waals surface area contributed by atoms with E-state index in [0.29, 0.717) is 23.9 Å². The number of fused-ring (bicyclic) bond motifs is 1. The molecule has 4 rings (SSSR count). The molecular weight excluding hydrogens is 344 g/mol. The molecule has 0 aromatic carbocycles. The lowest BCUT2D eigenvalue weighted by molar-refractivity contribution is -0.134. The third kappa shape index (κ3) is 3.07. The molecule has 0 bridgehead atoms. The summed E-state index contributed by atoms with van der Waals surface area (Å²) in [5.74, 6) is 0.584. The first-order chi connectivity index (χ1) is 12.1. The second-order valence-electron chi connectivity index (χ2n) is 6.42. The van der Waals surface area contributed by atoms with Crippen LogP contribution in [0, 0.1) is 0 Å². The average Bonchev–Trinajstić information content (AvgIpc) is 3.24. The first kappa shape index (κ1) is 16.3. The summed E-state index contributed by atoms with van der Waals surface area (Å²) in [5.41, 5.74) is 0.523. The SMILES string of the molecule is O=C(C1CNCc2nn(Cc3cncc(Cl)c3)c(=O)n21)N1CCCC1. The van der Waals surface area contributed by atoms with Gasteiger partial charge in [-0.05, 0) is 24.5 Å². The van der Waals surface area contributed by atoms with Gasteiger partial charge < -0.3 is 10.2 Å². The highest BCUT2D eigenvalue weighted by Crippen LogP contribution is 2.18. The van der Waals surface area contributed by atoms with Gasteiger partial charge in [0.25, 0.3) is 0 Å². The van der Waals surface area contributed by atoms with Crippen LogP contribution in [0.2, 0.25) is 5.02 Å². The van der Waals surface area contributed by atoms with E-state index in [1.54, 1.807) is 18.5 Å². The predicted octanol–water partition coefficient (Wildman–Crippen LogP) is 0.408. The Balaban J connectivity index is 1.65. The van der Waals surface area contributed by atoms with Crippen LogP contribution in [0.3, 0.4) is 0 Å². The fourth-order valence-corrected chi connectivity index (χ4v) is 3.67. The van der Waals surface area contributed by atoms with Crippen molar-refractivity contribution in [3.05, 3.63) is 45.4 Å². The van der Waals surface area contributed by atoms with Gasteiger partial charge in [0.05, 0.1) is 18.1 Å². The van der Waals surface area contributed by atoms with E-state index < -0.39 is 6.04 Å². The number of rotatable bonds is 3. The molecule has 2 aromatic rings. The van der Waals surface area contributed by atoms with Gasteiger partial charge in [-0.2, -0.15) is 5.10 Å². The smallest absolute Gasteiger partial charge is 0.341 e. The van der Waals surface area contributed by atoms with E-state index in [2.05, 4.69) is 15.4 Å². The van der Waals surface area contributed by atoms with Gasteiger partial charge in [0.2, 0.25) is 5.91 Å². The van der Waals surface area contributed by atoms with E-state index in [-0.39, 0.29) is 18.1 Å². The van der Waals surface area contributed by atoms with Gasteiger partial charge >= 0.3 is 5.69 Å². The number of amides is 1.